The highest BCUT2D eigenvalue weighted by atomic mass is 19.1. The first-order chi connectivity index (χ1) is 15.3. The van der Waals surface area contributed by atoms with E-state index in [1.807, 2.05) is 0 Å². The molecule has 166 valence electrons. The fraction of sp³-hybridized carbons (Fsp3) is 0.130. The quantitative estimate of drug-likeness (QED) is 0.563. The molecule has 2 amide bonds. The predicted molar refractivity (Wildman–Crippen MR) is 115 cm³/mol. The average molecular weight is 442 g/mol. The summed E-state index contributed by atoms with van der Waals surface area (Å²) in [5.41, 5.74) is 0.507. The largest absolute Gasteiger partial charge is 0.497 e. The first-order valence-electron chi connectivity index (χ1n) is 9.33. The molecule has 2 N–H and O–H groups in total. The van der Waals surface area contributed by atoms with E-state index in [0.29, 0.717) is 0 Å². The Morgan fingerprint density at radius 3 is 1.72 bits per heavy atom. The zero-order chi connectivity index (χ0) is 23.3. The summed E-state index contributed by atoms with van der Waals surface area (Å²) in [6.45, 7) is 0. The Bertz CT molecular complexity index is 1170. The van der Waals surface area contributed by atoms with E-state index in [1.54, 1.807) is 0 Å². The Morgan fingerprint density at radius 1 is 0.688 bits per heavy atom. The lowest BCUT2D eigenvalue weighted by atomic mass is 10.1. The summed E-state index contributed by atoms with van der Waals surface area (Å²) in [6.07, 6.45) is 0. The molecule has 0 radical (unpaired) electrons. The summed E-state index contributed by atoms with van der Waals surface area (Å²) in [5, 5.41) is 5.10. The minimum Gasteiger partial charge on any atom is -0.497 e. The van der Waals surface area contributed by atoms with Gasteiger partial charge in [-0.1, -0.05) is 0 Å². The monoisotopic (exact) mass is 442 g/mol. The number of benzene rings is 3. The van der Waals surface area contributed by atoms with Gasteiger partial charge in [-0.25, -0.2) is 8.78 Å². The highest BCUT2D eigenvalue weighted by Gasteiger charge is 2.17. The lowest BCUT2D eigenvalue weighted by Gasteiger charge is -2.13. The van der Waals surface area contributed by atoms with Gasteiger partial charge in [-0.3, -0.25) is 9.59 Å². The number of rotatable bonds is 7. The second kappa shape index (κ2) is 9.78. The van der Waals surface area contributed by atoms with Crippen molar-refractivity contribution in [3.8, 4) is 17.2 Å². The van der Waals surface area contributed by atoms with E-state index in [1.165, 1.54) is 63.8 Å². The summed E-state index contributed by atoms with van der Waals surface area (Å²) < 4.78 is 42.6. The molecule has 3 aromatic rings. The van der Waals surface area contributed by atoms with E-state index < -0.39 is 23.4 Å². The van der Waals surface area contributed by atoms with Crippen LogP contribution in [-0.2, 0) is 0 Å². The van der Waals surface area contributed by atoms with Crippen molar-refractivity contribution in [2.75, 3.05) is 32.0 Å². The summed E-state index contributed by atoms with van der Waals surface area (Å²) >= 11 is 0. The number of carbonyl (C=O) groups is 2. The van der Waals surface area contributed by atoms with Gasteiger partial charge in [0.25, 0.3) is 11.8 Å². The van der Waals surface area contributed by atoms with Crippen LogP contribution in [0.3, 0.4) is 0 Å². The highest BCUT2D eigenvalue weighted by Crippen LogP contribution is 2.25. The van der Waals surface area contributed by atoms with Crippen LogP contribution in [0.4, 0.5) is 20.2 Å². The van der Waals surface area contributed by atoms with Gasteiger partial charge in [0.05, 0.1) is 26.9 Å². The van der Waals surface area contributed by atoms with Crippen LogP contribution in [0.5, 0.6) is 17.2 Å². The van der Waals surface area contributed by atoms with Crippen LogP contribution >= 0.6 is 0 Å². The van der Waals surface area contributed by atoms with E-state index >= 15 is 0 Å². The van der Waals surface area contributed by atoms with Gasteiger partial charge in [-0.05, 0) is 30.3 Å². The fourth-order valence-electron chi connectivity index (χ4n) is 2.93. The number of carbonyl (C=O) groups excluding carboxylic acids is 2. The Hall–Kier alpha value is -4.14. The highest BCUT2D eigenvalue weighted by molar-refractivity contribution is 6.10. The molecule has 0 aromatic heterocycles. The summed E-state index contributed by atoms with van der Waals surface area (Å²) in [5.74, 6) is -1.72. The number of methoxy groups -OCH3 is 3. The standard InChI is InChI=1S/C23H20F2N2O5/c1-30-18-9-14(24)7-16(11-18)26-22(28)13-4-5-21(32-3)20(6-13)23(29)27-17-8-15(25)10-19(12-17)31-2/h4-12H,1-3H3,(H,26,28)(H,27,29). The molecule has 0 unspecified atom stereocenters. The molecule has 0 saturated heterocycles. The van der Waals surface area contributed by atoms with Crippen LogP contribution in [0.1, 0.15) is 20.7 Å². The third-order valence-electron chi connectivity index (χ3n) is 4.44. The Morgan fingerprint density at radius 2 is 1.22 bits per heavy atom. The lowest BCUT2D eigenvalue weighted by Crippen LogP contribution is -2.17. The molecule has 0 spiro atoms. The van der Waals surface area contributed by atoms with E-state index in [2.05, 4.69) is 10.6 Å². The van der Waals surface area contributed by atoms with E-state index in [9.17, 15) is 18.4 Å². The third-order valence-corrected chi connectivity index (χ3v) is 4.44. The molecule has 3 aromatic carbocycles. The number of amides is 2. The van der Waals surface area contributed by atoms with Crippen molar-refractivity contribution in [2.45, 2.75) is 0 Å². The number of nitrogens with one attached hydrogen (secondary N) is 2. The normalized spacial score (nSPS) is 10.3. The molecule has 0 aliphatic carbocycles. The van der Waals surface area contributed by atoms with Gasteiger partial charge in [-0.15, -0.1) is 0 Å². The summed E-state index contributed by atoms with van der Waals surface area (Å²) in [7, 11) is 4.12. The van der Waals surface area contributed by atoms with Crippen molar-refractivity contribution in [1.29, 1.82) is 0 Å². The zero-order valence-electron chi connectivity index (χ0n) is 17.5. The topological polar surface area (TPSA) is 85.9 Å². The zero-order valence-corrected chi connectivity index (χ0v) is 17.5. The molecule has 3 rings (SSSR count). The Labute approximate surface area is 182 Å². The van der Waals surface area contributed by atoms with Gasteiger partial charge in [0.2, 0.25) is 0 Å². The van der Waals surface area contributed by atoms with E-state index in [4.69, 9.17) is 14.2 Å². The maximum atomic E-state index is 13.7. The van der Waals surface area contributed by atoms with Crippen molar-refractivity contribution in [2.24, 2.45) is 0 Å². The second-order valence-electron chi connectivity index (χ2n) is 6.58. The number of halogens is 2. The van der Waals surface area contributed by atoms with Crippen LogP contribution < -0.4 is 24.8 Å². The minimum atomic E-state index is -0.628. The number of ether oxygens (including phenoxy) is 3. The smallest absolute Gasteiger partial charge is 0.259 e. The van der Waals surface area contributed by atoms with Crippen LogP contribution in [0.15, 0.2) is 54.6 Å². The minimum absolute atomic E-state index is 0.0419. The molecule has 0 saturated carbocycles. The maximum Gasteiger partial charge on any atom is 0.259 e. The molecule has 0 aliphatic rings. The molecular formula is C23H20F2N2O5. The van der Waals surface area contributed by atoms with E-state index in [-0.39, 0.29) is 39.8 Å². The first-order valence-corrected chi connectivity index (χ1v) is 9.33. The van der Waals surface area contributed by atoms with Gasteiger partial charge in [0, 0.05) is 41.2 Å². The van der Waals surface area contributed by atoms with Gasteiger partial charge >= 0.3 is 0 Å². The molecule has 0 atom stereocenters. The van der Waals surface area contributed by atoms with Crippen LogP contribution in [-0.4, -0.2) is 33.1 Å². The van der Waals surface area contributed by atoms with Gasteiger partial charge < -0.3 is 24.8 Å². The number of hydrogen-bond acceptors (Lipinski definition) is 5. The molecule has 32 heavy (non-hydrogen) atoms. The van der Waals surface area contributed by atoms with Crippen LogP contribution in [0.25, 0.3) is 0 Å². The Kier molecular flexibility index (Phi) is 6.89. The van der Waals surface area contributed by atoms with Crippen molar-refractivity contribution in [1.82, 2.24) is 0 Å². The third kappa shape index (κ3) is 5.31. The molecule has 0 aliphatic heterocycles. The van der Waals surface area contributed by atoms with Crippen LogP contribution in [0, 0.1) is 11.6 Å². The van der Waals surface area contributed by atoms with Crippen molar-refractivity contribution in [3.05, 3.63) is 77.4 Å². The summed E-state index contributed by atoms with van der Waals surface area (Å²) in [6, 6.07) is 11.7. The SMILES string of the molecule is COc1cc(F)cc(NC(=O)c2ccc(OC)c(C(=O)Nc3cc(F)cc(OC)c3)c2)c1. The number of hydrogen-bond donors (Lipinski definition) is 2. The first kappa shape index (κ1) is 22.5. The molecule has 0 heterocycles. The molecule has 9 heteroatoms. The molecule has 7 nitrogen and oxygen atoms in total. The maximum absolute atomic E-state index is 13.7. The molecule has 0 bridgehead atoms. The second-order valence-corrected chi connectivity index (χ2v) is 6.58. The summed E-state index contributed by atoms with van der Waals surface area (Å²) in [4.78, 5) is 25.5. The van der Waals surface area contributed by atoms with Gasteiger partial charge in [0.15, 0.2) is 0 Å². The van der Waals surface area contributed by atoms with Gasteiger partial charge in [0.1, 0.15) is 28.9 Å². The lowest BCUT2D eigenvalue weighted by molar-refractivity contribution is 0.102. The Balaban J connectivity index is 1.86. The fourth-order valence-corrected chi connectivity index (χ4v) is 2.93. The van der Waals surface area contributed by atoms with Crippen molar-refractivity contribution < 1.29 is 32.6 Å². The predicted octanol–water partition coefficient (Wildman–Crippen LogP) is 4.50. The number of anilines is 2. The molecular weight excluding hydrogens is 422 g/mol. The van der Waals surface area contributed by atoms with E-state index in [0.717, 1.165) is 12.1 Å². The van der Waals surface area contributed by atoms with Crippen molar-refractivity contribution >= 4 is 23.2 Å². The van der Waals surface area contributed by atoms with Crippen LogP contribution in [0.2, 0.25) is 0 Å². The average Bonchev–Trinajstić information content (AvgIpc) is 2.77. The van der Waals surface area contributed by atoms with Crippen molar-refractivity contribution in [3.63, 3.8) is 0 Å². The molecule has 0 fully saturated rings. The van der Waals surface area contributed by atoms with Gasteiger partial charge in [-0.2, -0.15) is 0 Å².